The van der Waals surface area contributed by atoms with Crippen LogP contribution in [0.1, 0.15) is 44.9 Å². The summed E-state index contributed by atoms with van der Waals surface area (Å²) >= 11 is 0. The van der Waals surface area contributed by atoms with Crippen molar-refractivity contribution in [2.45, 2.75) is 51.1 Å². The van der Waals surface area contributed by atoms with Crippen LogP contribution in [0.15, 0.2) is 12.4 Å². The van der Waals surface area contributed by atoms with E-state index in [0.717, 1.165) is 25.2 Å². The average Bonchev–Trinajstić information content (AvgIpc) is 2.67. The van der Waals surface area contributed by atoms with Crippen molar-refractivity contribution in [2.24, 2.45) is 5.73 Å². The topological polar surface area (TPSA) is 43.8 Å². The SMILES string of the molecule is CCn1ccnc1C1(N)CCCCC1. The number of hydrogen-bond acceptors (Lipinski definition) is 2. The van der Waals surface area contributed by atoms with E-state index in [-0.39, 0.29) is 5.54 Å². The number of nitrogens with zero attached hydrogens (tertiary/aromatic N) is 2. The molecule has 2 rings (SSSR count). The van der Waals surface area contributed by atoms with Crippen LogP contribution in [0.2, 0.25) is 0 Å². The minimum Gasteiger partial charge on any atom is -0.334 e. The zero-order valence-corrected chi connectivity index (χ0v) is 8.87. The first-order valence-corrected chi connectivity index (χ1v) is 5.57. The molecule has 0 aliphatic heterocycles. The number of aromatic nitrogens is 2. The molecular weight excluding hydrogens is 174 g/mol. The van der Waals surface area contributed by atoms with Crippen LogP contribution in [0, 0.1) is 0 Å². The van der Waals surface area contributed by atoms with Gasteiger partial charge in [-0.3, -0.25) is 0 Å². The first-order valence-electron chi connectivity index (χ1n) is 5.57. The van der Waals surface area contributed by atoms with Crippen LogP contribution in [0.3, 0.4) is 0 Å². The van der Waals surface area contributed by atoms with Gasteiger partial charge in [0.05, 0.1) is 5.54 Å². The molecule has 2 N–H and O–H groups in total. The van der Waals surface area contributed by atoms with E-state index in [9.17, 15) is 0 Å². The Balaban J connectivity index is 2.27. The molecule has 1 aromatic heterocycles. The molecule has 1 fully saturated rings. The second kappa shape index (κ2) is 3.73. The van der Waals surface area contributed by atoms with Gasteiger partial charge in [-0.25, -0.2) is 4.98 Å². The molecule has 1 heterocycles. The summed E-state index contributed by atoms with van der Waals surface area (Å²) in [5, 5.41) is 0. The van der Waals surface area contributed by atoms with Crippen LogP contribution < -0.4 is 5.73 Å². The van der Waals surface area contributed by atoms with Crippen molar-refractivity contribution < 1.29 is 0 Å². The van der Waals surface area contributed by atoms with E-state index in [1.54, 1.807) is 0 Å². The molecule has 0 radical (unpaired) electrons. The molecule has 3 nitrogen and oxygen atoms in total. The maximum absolute atomic E-state index is 6.42. The molecule has 0 saturated heterocycles. The fourth-order valence-electron chi connectivity index (χ4n) is 2.41. The molecule has 0 spiro atoms. The summed E-state index contributed by atoms with van der Waals surface area (Å²) in [6.07, 6.45) is 9.88. The molecule has 78 valence electrons. The lowest BCUT2D eigenvalue weighted by Crippen LogP contribution is -2.41. The second-order valence-corrected chi connectivity index (χ2v) is 4.25. The Morgan fingerprint density at radius 2 is 2.14 bits per heavy atom. The van der Waals surface area contributed by atoms with Crippen LogP contribution in [0.5, 0.6) is 0 Å². The largest absolute Gasteiger partial charge is 0.334 e. The van der Waals surface area contributed by atoms with E-state index in [4.69, 9.17) is 5.73 Å². The summed E-state index contributed by atoms with van der Waals surface area (Å²) in [5.74, 6) is 1.08. The van der Waals surface area contributed by atoms with Crippen molar-refractivity contribution in [3.63, 3.8) is 0 Å². The molecule has 14 heavy (non-hydrogen) atoms. The van der Waals surface area contributed by atoms with E-state index in [0.29, 0.717) is 0 Å². The molecule has 1 saturated carbocycles. The summed E-state index contributed by atoms with van der Waals surface area (Å²) in [4.78, 5) is 4.42. The minimum absolute atomic E-state index is 0.155. The first kappa shape index (κ1) is 9.71. The average molecular weight is 193 g/mol. The third-order valence-corrected chi connectivity index (χ3v) is 3.25. The van der Waals surface area contributed by atoms with E-state index in [2.05, 4.69) is 16.5 Å². The van der Waals surface area contributed by atoms with Crippen molar-refractivity contribution in [1.82, 2.24) is 9.55 Å². The number of hydrogen-bond donors (Lipinski definition) is 1. The summed E-state index contributed by atoms with van der Waals surface area (Å²) in [6, 6.07) is 0. The van der Waals surface area contributed by atoms with E-state index < -0.39 is 0 Å². The maximum atomic E-state index is 6.42. The Kier molecular flexibility index (Phi) is 2.59. The van der Waals surface area contributed by atoms with Gasteiger partial charge < -0.3 is 10.3 Å². The van der Waals surface area contributed by atoms with Gasteiger partial charge in [-0.05, 0) is 19.8 Å². The van der Waals surface area contributed by atoms with Gasteiger partial charge >= 0.3 is 0 Å². The predicted molar refractivity (Wildman–Crippen MR) is 56.9 cm³/mol. The molecule has 0 atom stereocenters. The van der Waals surface area contributed by atoms with Crippen LogP contribution in [0.25, 0.3) is 0 Å². The Hall–Kier alpha value is -0.830. The standard InChI is InChI=1S/C11H19N3/c1-2-14-9-8-13-10(14)11(12)6-4-3-5-7-11/h8-9H,2-7,12H2,1H3. The quantitative estimate of drug-likeness (QED) is 0.781. The Morgan fingerprint density at radius 1 is 1.43 bits per heavy atom. The molecule has 0 bridgehead atoms. The number of imidazole rings is 1. The monoisotopic (exact) mass is 193 g/mol. The highest BCUT2D eigenvalue weighted by Crippen LogP contribution is 2.33. The predicted octanol–water partition coefficient (Wildman–Crippen LogP) is 2.02. The number of aryl methyl sites for hydroxylation is 1. The second-order valence-electron chi connectivity index (χ2n) is 4.25. The number of nitrogens with two attached hydrogens (primary N) is 1. The zero-order valence-electron chi connectivity index (χ0n) is 8.87. The van der Waals surface area contributed by atoms with Gasteiger partial charge in [0.2, 0.25) is 0 Å². The van der Waals surface area contributed by atoms with E-state index in [1.807, 2.05) is 12.4 Å². The normalized spacial score (nSPS) is 21.0. The van der Waals surface area contributed by atoms with Gasteiger partial charge in [0.25, 0.3) is 0 Å². The van der Waals surface area contributed by atoms with Crippen molar-refractivity contribution in [3.05, 3.63) is 18.2 Å². The van der Waals surface area contributed by atoms with Crippen molar-refractivity contribution in [1.29, 1.82) is 0 Å². The van der Waals surface area contributed by atoms with Gasteiger partial charge in [0.1, 0.15) is 5.82 Å². The van der Waals surface area contributed by atoms with Crippen molar-refractivity contribution >= 4 is 0 Å². The van der Waals surface area contributed by atoms with Gasteiger partial charge in [-0.2, -0.15) is 0 Å². The molecular formula is C11H19N3. The van der Waals surface area contributed by atoms with E-state index in [1.165, 1.54) is 19.3 Å². The third-order valence-electron chi connectivity index (χ3n) is 3.25. The lowest BCUT2D eigenvalue weighted by molar-refractivity contribution is 0.278. The first-order chi connectivity index (χ1) is 6.76. The maximum Gasteiger partial charge on any atom is 0.128 e. The van der Waals surface area contributed by atoms with Gasteiger partial charge in [0.15, 0.2) is 0 Å². The smallest absolute Gasteiger partial charge is 0.128 e. The Morgan fingerprint density at radius 3 is 2.79 bits per heavy atom. The fourth-order valence-corrected chi connectivity index (χ4v) is 2.41. The van der Waals surface area contributed by atoms with Crippen LogP contribution >= 0.6 is 0 Å². The summed E-state index contributed by atoms with van der Waals surface area (Å²) in [5.41, 5.74) is 6.26. The molecule has 3 heteroatoms. The highest BCUT2D eigenvalue weighted by molar-refractivity contribution is 5.08. The molecule has 0 unspecified atom stereocenters. The van der Waals surface area contributed by atoms with Crippen LogP contribution in [-0.4, -0.2) is 9.55 Å². The Bertz CT molecular complexity index is 297. The van der Waals surface area contributed by atoms with Crippen molar-refractivity contribution in [3.8, 4) is 0 Å². The van der Waals surface area contributed by atoms with Crippen LogP contribution in [0.4, 0.5) is 0 Å². The fraction of sp³-hybridized carbons (Fsp3) is 0.727. The zero-order chi connectivity index (χ0) is 10.0. The van der Waals surface area contributed by atoms with Gasteiger partial charge in [-0.15, -0.1) is 0 Å². The molecule has 1 aliphatic carbocycles. The minimum atomic E-state index is -0.155. The molecule has 1 aliphatic rings. The lowest BCUT2D eigenvalue weighted by atomic mass is 9.82. The van der Waals surface area contributed by atoms with Gasteiger partial charge in [0, 0.05) is 18.9 Å². The highest BCUT2D eigenvalue weighted by Gasteiger charge is 2.32. The summed E-state index contributed by atoms with van der Waals surface area (Å²) < 4.78 is 2.17. The third kappa shape index (κ3) is 1.57. The summed E-state index contributed by atoms with van der Waals surface area (Å²) in [6.45, 7) is 3.10. The molecule has 1 aromatic rings. The van der Waals surface area contributed by atoms with E-state index >= 15 is 0 Å². The van der Waals surface area contributed by atoms with Crippen molar-refractivity contribution in [2.75, 3.05) is 0 Å². The Labute approximate surface area is 85.3 Å². The molecule has 0 aromatic carbocycles. The van der Waals surface area contributed by atoms with Gasteiger partial charge in [-0.1, -0.05) is 19.3 Å². The lowest BCUT2D eigenvalue weighted by Gasteiger charge is -2.33. The number of rotatable bonds is 2. The van der Waals surface area contributed by atoms with Crippen LogP contribution in [-0.2, 0) is 12.1 Å². The highest BCUT2D eigenvalue weighted by atomic mass is 15.1. The molecule has 0 amide bonds. The summed E-state index contributed by atoms with van der Waals surface area (Å²) in [7, 11) is 0.